The summed E-state index contributed by atoms with van der Waals surface area (Å²) in [5.74, 6) is 1.48. The molecule has 0 radical (unpaired) electrons. The molecule has 3 amide bonds. The van der Waals surface area contributed by atoms with Gasteiger partial charge in [-0.15, -0.1) is 0 Å². The number of nitrogens with one attached hydrogen (secondary N) is 4. The van der Waals surface area contributed by atoms with Crippen LogP contribution < -0.4 is 26.0 Å². The summed E-state index contributed by atoms with van der Waals surface area (Å²) < 4.78 is 5.78. The Morgan fingerprint density at radius 3 is 2.17 bits per heavy atom. The summed E-state index contributed by atoms with van der Waals surface area (Å²) in [7, 11) is 0. The first kappa shape index (κ1) is 28.1. The zero-order valence-corrected chi connectivity index (χ0v) is 23.0. The van der Waals surface area contributed by atoms with E-state index in [9.17, 15) is 9.59 Å². The highest BCUT2D eigenvalue weighted by atomic mass is 32.1. The molecule has 9 nitrogen and oxygen atoms in total. The minimum absolute atomic E-state index is 0.0351. The number of rotatable bonds is 11. The van der Waals surface area contributed by atoms with Crippen molar-refractivity contribution in [1.82, 2.24) is 10.3 Å². The second-order valence-corrected chi connectivity index (χ2v) is 10.4. The second kappa shape index (κ2) is 13.8. The van der Waals surface area contributed by atoms with E-state index in [0.29, 0.717) is 28.7 Å². The van der Waals surface area contributed by atoms with Gasteiger partial charge in [0.15, 0.2) is 5.13 Å². The number of urea groups is 1. The number of carbonyl (C=O) groups excluding carboxylic acids is 2. The summed E-state index contributed by atoms with van der Waals surface area (Å²) in [6, 6.07) is 25.1. The third-order valence-electron chi connectivity index (χ3n) is 5.69. The standard InChI is InChI=1S/C30H30N6O3S/c1-20(2)18-26(28(37)32-17-16-31)36-30-33-19-27(40-30)21-8-10-22(11-9-21)34-29(38)35-23-12-14-25(15-13-23)39-24-6-4-3-5-7-24/h3-15,19-20,26H,17-18H2,1-2H3,(H,32,37)(H,33,36)(H2,34,35,38)/t26-/m0/s1. The average molecular weight is 555 g/mol. The Morgan fingerprint density at radius 1 is 0.925 bits per heavy atom. The van der Waals surface area contributed by atoms with Crippen LogP contribution in [0.15, 0.2) is 85.1 Å². The van der Waals surface area contributed by atoms with E-state index in [-0.39, 0.29) is 24.4 Å². The molecule has 4 N–H and O–H groups in total. The van der Waals surface area contributed by atoms with E-state index in [1.54, 1.807) is 30.5 Å². The van der Waals surface area contributed by atoms with E-state index in [1.165, 1.54) is 11.3 Å². The van der Waals surface area contributed by atoms with Gasteiger partial charge in [-0.05, 0) is 66.4 Å². The fourth-order valence-corrected chi connectivity index (χ4v) is 4.69. The fourth-order valence-electron chi connectivity index (χ4n) is 3.82. The molecule has 0 aliphatic rings. The SMILES string of the molecule is CC(C)C[C@H](Nc1ncc(-c2ccc(NC(=O)Nc3ccc(Oc4ccccc4)cc3)cc2)s1)C(=O)NCC#N. The van der Waals surface area contributed by atoms with E-state index >= 15 is 0 Å². The molecule has 0 saturated carbocycles. The molecule has 0 fully saturated rings. The van der Waals surface area contributed by atoms with Gasteiger partial charge in [-0.1, -0.05) is 55.5 Å². The Morgan fingerprint density at radius 2 is 1.55 bits per heavy atom. The van der Waals surface area contributed by atoms with Gasteiger partial charge >= 0.3 is 6.03 Å². The molecule has 0 spiro atoms. The predicted molar refractivity (Wildman–Crippen MR) is 159 cm³/mol. The smallest absolute Gasteiger partial charge is 0.323 e. The molecule has 0 unspecified atom stereocenters. The minimum Gasteiger partial charge on any atom is -0.457 e. The topological polar surface area (TPSA) is 128 Å². The van der Waals surface area contributed by atoms with Gasteiger partial charge in [0, 0.05) is 17.6 Å². The number of nitrogens with zero attached hydrogens (tertiary/aromatic N) is 2. The van der Waals surface area contributed by atoms with Crippen LogP contribution in [0, 0.1) is 17.2 Å². The number of ether oxygens (including phenoxy) is 1. The molecule has 10 heteroatoms. The Bertz CT molecular complexity index is 1450. The number of aromatic nitrogens is 1. The lowest BCUT2D eigenvalue weighted by atomic mass is 10.0. The van der Waals surface area contributed by atoms with Gasteiger partial charge in [-0.3, -0.25) is 4.79 Å². The monoisotopic (exact) mass is 554 g/mol. The normalized spacial score (nSPS) is 11.2. The summed E-state index contributed by atoms with van der Waals surface area (Å²) in [4.78, 5) is 30.3. The van der Waals surface area contributed by atoms with E-state index in [1.807, 2.05) is 74.5 Å². The lowest BCUT2D eigenvalue weighted by Gasteiger charge is -2.18. The van der Waals surface area contributed by atoms with Crippen LogP contribution in [-0.4, -0.2) is 29.5 Å². The zero-order chi connectivity index (χ0) is 28.3. The number of nitriles is 1. The summed E-state index contributed by atoms with van der Waals surface area (Å²) >= 11 is 1.43. The van der Waals surface area contributed by atoms with Crippen LogP contribution >= 0.6 is 11.3 Å². The van der Waals surface area contributed by atoms with Crippen molar-refractivity contribution < 1.29 is 14.3 Å². The van der Waals surface area contributed by atoms with Gasteiger partial charge in [0.2, 0.25) is 5.91 Å². The van der Waals surface area contributed by atoms with Crippen LogP contribution in [0.4, 0.5) is 21.3 Å². The lowest BCUT2D eigenvalue weighted by molar-refractivity contribution is -0.121. The molecule has 0 bridgehead atoms. The van der Waals surface area contributed by atoms with Crippen LogP contribution in [0.5, 0.6) is 11.5 Å². The molecular weight excluding hydrogens is 524 g/mol. The number of amides is 3. The molecule has 1 atom stereocenters. The number of hydrogen-bond acceptors (Lipinski definition) is 7. The maximum Gasteiger partial charge on any atom is 0.323 e. The molecule has 4 rings (SSSR count). The third-order valence-corrected chi connectivity index (χ3v) is 6.66. The summed E-state index contributed by atoms with van der Waals surface area (Å²) in [6.45, 7) is 4.03. The molecule has 4 aromatic rings. The van der Waals surface area contributed by atoms with Crippen LogP contribution in [0.25, 0.3) is 10.4 Å². The molecule has 0 aliphatic heterocycles. The zero-order valence-electron chi connectivity index (χ0n) is 22.2. The first-order valence-corrected chi connectivity index (χ1v) is 13.6. The second-order valence-electron chi connectivity index (χ2n) is 9.33. The summed E-state index contributed by atoms with van der Waals surface area (Å²) in [5, 5.41) is 20.8. The number of hydrogen-bond donors (Lipinski definition) is 4. The maximum atomic E-state index is 12.5. The molecule has 204 valence electrons. The first-order chi connectivity index (χ1) is 19.4. The number of para-hydroxylation sites is 1. The van der Waals surface area contributed by atoms with E-state index in [0.717, 1.165) is 16.2 Å². The van der Waals surface area contributed by atoms with Crippen molar-refractivity contribution in [3.8, 4) is 28.0 Å². The molecule has 0 aliphatic carbocycles. The molecule has 3 aromatic carbocycles. The maximum absolute atomic E-state index is 12.5. The van der Waals surface area contributed by atoms with Gasteiger partial charge in [0.25, 0.3) is 0 Å². The van der Waals surface area contributed by atoms with E-state index in [2.05, 4.69) is 26.3 Å². The summed E-state index contributed by atoms with van der Waals surface area (Å²) in [6.07, 6.45) is 2.35. The molecular formula is C30H30N6O3S. The van der Waals surface area contributed by atoms with E-state index in [4.69, 9.17) is 10.00 Å². The number of benzene rings is 3. The first-order valence-electron chi connectivity index (χ1n) is 12.8. The number of carbonyl (C=O) groups is 2. The van der Waals surface area contributed by atoms with Crippen LogP contribution in [-0.2, 0) is 4.79 Å². The molecule has 1 aromatic heterocycles. The van der Waals surface area contributed by atoms with Crippen molar-refractivity contribution in [2.75, 3.05) is 22.5 Å². The predicted octanol–water partition coefficient (Wildman–Crippen LogP) is 6.71. The van der Waals surface area contributed by atoms with Crippen molar-refractivity contribution in [1.29, 1.82) is 5.26 Å². The Kier molecular flexibility index (Phi) is 9.69. The van der Waals surface area contributed by atoms with Gasteiger partial charge in [-0.25, -0.2) is 9.78 Å². The van der Waals surface area contributed by atoms with Crippen molar-refractivity contribution in [3.05, 3.63) is 85.1 Å². The number of anilines is 3. The number of thiazole rings is 1. The molecule has 1 heterocycles. The van der Waals surface area contributed by atoms with Gasteiger partial charge in [-0.2, -0.15) is 5.26 Å². The summed E-state index contributed by atoms with van der Waals surface area (Å²) in [5.41, 5.74) is 2.20. The van der Waals surface area contributed by atoms with Crippen molar-refractivity contribution in [2.45, 2.75) is 26.3 Å². The fraction of sp³-hybridized carbons (Fsp3) is 0.200. The van der Waals surface area contributed by atoms with Crippen molar-refractivity contribution in [3.63, 3.8) is 0 Å². The van der Waals surface area contributed by atoms with Crippen molar-refractivity contribution in [2.24, 2.45) is 5.92 Å². The van der Waals surface area contributed by atoms with Crippen LogP contribution in [0.3, 0.4) is 0 Å². The highest BCUT2D eigenvalue weighted by Crippen LogP contribution is 2.31. The van der Waals surface area contributed by atoms with Crippen molar-refractivity contribution >= 4 is 39.8 Å². The Labute approximate surface area is 237 Å². The van der Waals surface area contributed by atoms with Crippen LogP contribution in [0.1, 0.15) is 20.3 Å². The lowest BCUT2D eigenvalue weighted by Crippen LogP contribution is -2.40. The largest absolute Gasteiger partial charge is 0.457 e. The highest BCUT2D eigenvalue weighted by molar-refractivity contribution is 7.18. The highest BCUT2D eigenvalue weighted by Gasteiger charge is 2.21. The van der Waals surface area contributed by atoms with E-state index < -0.39 is 6.04 Å². The quantitative estimate of drug-likeness (QED) is 0.153. The van der Waals surface area contributed by atoms with Gasteiger partial charge in [0.05, 0.1) is 10.9 Å². The van der Waals surface area contributed by atoms with Gasteiger partial charge in [0.1, 0.15) is 24.1 Å². The molecule has 0 saturated heterocycles. The van der Waals surface area contributed by atoms with Gasteiger partial charge < -0.3 is 26.0 Å². The Balaban J connectivity index is 1.31. The Hall–Kier alpha value is -4.88. The third kappa shape index (κ3) is 8.31. The van der Waals surface area contributed by atoms with Crippen LogP contribution in [0.2, 0.25) is 0 Å². The minimum atomic E-state index is -0.481. The average Bonchev–Trinajstić information content (AvgIpc) is 3.41. The molecule has 40 heavy (non-hydrogen) atoms.